The van der Waals surface area contributed by atoms with Gasteiger partial charge in [-0.3, -0.25) is 9.78 Å². The van der Waals surface area contributed by atoms with E-state index in [1.807, 2.05) is 30.3 Å². The van der Waals surface area contributed by atoms with E-state index in [9.17, 15) is 4.79 Å². The lowest BCUT2D eigenvalue weighted by Gasteiger charge is -2.10. The van der Waals surface area contributed by atoms with Crippen LogP contribution in [0.25, 0.3) is 0 Å². The molecule has 0 aliphatic rings. The maximum absolute atomic E-state index is 12.1. The number of hydrogen-bond acceptors (Lipinski definition) is 6. The van der Waals surface area contributed by atoms with Crippen LogP contribution in [-0.2, 0) is 0 Å². The van der Waals surface area contributed by atoms with Gasteiger partial charge in [0.05, 0.1) is 24.6 Å². The average molecular weight is 364 g/mol. The first kappa shape index (κ1) is 18.2. The number of nitrogens with one attached hydrogen (secondary N) is 2. The highest BCUT2D eigenvalue weighted by Crippen LogP contribution is 2.17. The van der Waals surface area contributed by atoms with Gasteiger partial charge in [0, 0.05) is 18.9 Å². The van der Waals surface area contributed by atoms with Crippen LogP contribution in [0, 0.1) is 0 Å². The Hall–Kier alpha value is -3.61. The van der Waals surface area contributed by atoms with E-state index in [1.165, 1.54) is 6.20 Å². The molecule has 0 fully saturated rings. The second-order valence-electron chi connectivity index (χ2n) is 5.58. The Labute approximate surface area is 157 Å². The molecule has 1 aromatic carbocycles. The number of rotatable bonds is 8. The van der Waals surface area contributed by atoms with Crippen molar-refractivity contribution in [2.45, 2.75) is 0 Å². The Morgan fingerprint density at radius 3 is 2.52 bits per heavy atom. The largest absolute Gasteiger partial charge is 0.497 e. The van der Waals surface area contributed by atoms with Crippen molar-refractivity contribution in [2.75, 3.05) is 30.9 Å². The smallest absolute Gasteiger partial charge is 0.258 e. The van der Waals surface area contributed by atoms with Crippen LogP contribution in [0.3, 0.4) is 0 Å². The van der Waals surface area contributed by atoms with Crippen molar-refractivity contribution >= 4 is 17.4 Å². The third-order valence-corrected chi connectivity index (χ3v) is 3.69. The van der Waals surface area contributed by atoms with Crippen LogP contribution >= 0.6 is 0 Å². The molecule has 3 aromatic rings. The molecule has 0 spiro atoms. The maximum atomic E-state index is 12.1. The Morgan fingerprint density at radius 2 is 1.85 bits per heavy atom. The molecule has 0 atom stereocenters. The second-order valence-corrected chi connectivity index (χ2v) is 5.58. The third-order valence-electron chi connectivity index (χ3n) is 3.69. The zero-order valence-corrected chi connectivity index (χ0v) is 14.9. The van der Waals surface area contributed by atoms with E-state index in [4.69, 9.17) is 9.47 Å². The van der Waals surface area contributed by atoms with Crippen LogP contribution in [0.2, 0.25) is 0 Å². The summed E-state index contributed by atoms with van der Waals surface area (Å²) in [6, 6.07) is 14.4. The molecule has 0 saturated heterocycles. The highest BCUT2D eigenvalue weighted by molar-refractivity contribution is 6.03. The van der Waals surface area contributed by atoms with Gasteiger partial charge in [0.2, 0.25) is 0 Å². The summed E-state index contributed by atoms with van der Waals surface area (Å²) in [5.74, 6) is 1.81. The SMILES string of the molecule is COc1ccc(OCCNc2ccc(NC(=O)c3cccnc3)nc2)cc1. The predicted molar refractivity (Wildman–Crippen MR) is 103 cm³/mol. The average Bonchev–Trinajstić information content (AvgIpc) is 2.73. The minimum absolute atomic E-state index is 0.246. The van der Waals surface area contributed by atoms with Crippen LogP contribution in [-0.4, -0.2) is 36.1 Å². The van der Waals surface area contributed by atoms with Crippen LogP contribution in [0.15, 0.2) is 67.1 Å². The molecule has 0 aliphatic heterocycles. The van der Waals surface area contributed by atoms with Crippen LogP contribution in [0.5, 0.6) is 11.5 Å². The number of aromatic nitrogens is 2. The van der Waals surface area contributed by atoms with Crippen LogP contribution in [0.4, 0.5) is 11.5 Å². The molecule has 3 rings (SSSR count). The Morgan fingerprint density at radius 1 is 1.04 bits per heavy atom. The van der Waals surface area contributed by atoms with Crippen LogP contribution in [0.1, 0.15) is 10.4 Å². The number of anilines is 2. The summed E-state index contributed by atoms with van der Waals surface area (Å²) in [4.78, 5) is 20.2. The van der Waals surface area contributed by atoms with E-state index in [0.717, 1.165) is 17.2 Å². The second kappa shape index (κ2) is 9.19. The van der Waals surface area contributed by atoms with Gasteiger partial charge in [0.15, 0.2) is 0 Å². The number of benzene rings is 1. The Kier molecular flexibility index (Phi) is 6.19. The van der Waals surface area contributed by atoms with Gasteiger partial charge in [0.1, 0.15) is 23.9 Å². The number of amides is 1. The first-order valence-electron chi connectivity index (χ1n) is 8.43. The minimum atomic E-state index is -0.246. The number of pyridine rings is 2. The molecule has 0 unspecified atom stereocenters. The molecule has 7 nitrogen and oxygen atoms in total. The zero-order valence-electron chi connectivity index (χ0n) is 14.9. The minimum Gasteiger partial charge on any atom is -0.497 e. The van der Waals surface area contributed by atoms with Gasteiger partial charge in [-0.25, -0.2) is 4.98 Å². The molecule has 7 heteroatoms. The summed E-state index contributed by atoms with van der Waals surface area (Å²) in [6.07, 6.45) is 4.79. The van der Waals surface area contributed by atoms with Crippen molar-refractivity contribution in [2.24, 2.45) is 0 Å². The monoisotopic (exact) mass is 364 g/mol. The fourth-order valence-corrected chi connectivity index (χ4v) is 2.29. The Balaban J connectivity index is 1.43. The lowest BCUT2D eigenvalue weighted by atomic mass is 10.2. The van der Waals surface area contributed by atoms with E-state index >= 15 is 0 Å². The van der Waals surface area contributed by atoms with Gasteiger partial charge >= 0.3 is 0 Å². The summed E-state index contributed by atoms with van der Waals surface area (Å²) < 4.78 is 10.8. The van der Waals surface area contributed by atoms with Crippen molar-refractivity contribution in [1.82, 2.24) is 9.97 Å². The number of nitrogens with zero attached hydrogens (tertiary/aromatic N) is 2. The third kappa shape index (κ3) is 5.43. The van der Waals surface area contributed by atoms with Crippen molar-refractivity contribution in [3.05, 3.63) is 72.7 Å². The Bertz CT molecular complexity index is 853. The summed E-state index contributed by atoms with van der Waals surface area (Å²) >= 11 is 0. The molecular weight excluding hydrogens is 344 g/mol. The molecule has 0 bridgehead atoms. The van der Waals surface area contributed by atoms with E-state index < -0.39 is 0 Å². The molecular formula is C20H20N4O3. The van der Waals surface area contributed by atoms with Crippen molar-refractivity contribution in [3.63, 3.8) is 0 Å². The van der Waals surface area contributed by atoms with E-state index in [2.05, 4.69) is 20.6 Å². The molecule has 0 aliphatic carbocycles. The van der Waals surface area contributed by atoms with Crippen LogP contribution < -0.4 is 20.1 Å². The molecule has 2 heterocycles. The predicted octanol–water partition coefficient (Wildman–Crippen LogP) is 3.23. The van der Waals surface area contributed by atoms with Gasteiger partial charge in [-0.05, 0) is 48.5 Å². The van der Waals surface area contributed by atoms with Gasteiger partial charge in [0.25, 0.3) is 5.91 Å². The van der Waals surface area contributed by atoms with Crippen molar-refractivity contribution in [1.29, 1.82) is 0 Å². The highest BCUT2D eigenvalue weighted by atomic mass is 16.5. The standard InChI is InChI=1S/C20H20N4O3/c1-26-17-5-7-18(8-6-17)27-12-11-22-16-4-9-19(23-14-16)24-20(25)15-3-2-10-21-13-15/h2-10,13-14,22H,11-12H2,1H3,(H,23,24,25). The lowest BCUT2D eigenvalue weighted by molar-refractivity contribution is 0.102. The molecule has 27 heavy (non-hydrogen) atoms. The zero-order chi connectivity index (χ0) is 18.9. The maximum Gasteiger partial charge on any atom is 0.258 e. The number of hydrogen-bond donors (Lipinski definition) is 2. The quantitative estimate of drug-likeness (QED) is 0.597. The molecule has 0 radical (unpaired) electrons. The fourth-order valence-electron chi connectivity index (χ4n) is 2.29. The molecule has 1 amide bonds. The number of carbonyl (C=O) groups is 1. The summed E-state index contributed by atoms with van der Waals surface area (Å²) in [7, 11) is 1.63. The fraction of sp³-hybridized carbons (Fsp3) is 0.150. The first-order chi connectivity index (χ1) is 13.2. The van der Waals surface area contributed by atoms with Crippen molar-refractivity contribution in [3.8, 4) is 11.5 Å². The summed E-state index contributed by atoms with van der Waals surface area (Å²) in [6.45, 7) is 1.13. The summed E-state index contributed by atoms with van der Waals surface area (Å²) in [5, 5.41) is 5.95. The molecule has 2 N–H and O–H groups in total. The van der Waals surface area contributed by atoms with Gasteiger partial charge < -0.3 is 20.1 Å². The lowest BCUT2D eigenvalue weighted by Crippen LogP contribution is -2.14. The van der Waals surface area contributed by atoms with E-state index in [0.29, 0.717) is 24.5 Å². The first-order valence-corrected chi connectivity index (χ1v) is 8.43. The highest BCUT2D eigenvalue weighted by Gasteiger charge is 2.06. The molecule has 138 valence electrons. The van der Waals surface area contributed by atoms with E-state index in [1.54, 1.807) is 37.7 Å². The van der Waals surface area contributed by atoms with Gasteiger partial charge in [-0.15, -0.1) is 0 Å². The normalized spacial score (nSPS) is 10.1. The van der Waals surface area contributed by atoms with E-state index in [-0.39, 0.29) is 5.91 Å². The van der Waals surface area contributed by atoms with Gasteiger partial charge in [-0.2, -0.15) is 0 Å². The number of methoxy groups -OCH3 is 1. The number of ether oxygens (including phenoxy) is 2. The number of carbonyl (C=O) groups excluding carboxylic acids is 1. The molecule has 0 saturated carbocycles. The topological polar surface area (TPSA) is 85.4 Å². The summed E-state index contributed by atoms with van der Waals surface area (Å²) in [5.41, 5.74) is 1.32. The van der Waals surface area contributed by atoms with Crippen molar-refractivity contribution < 1.29 is 14.3 Å². The molecule has 2 aromatic heterocycles. The van der Waals surface area contributed by atoms with Gasteiger partial charge in [-0.1, -0.05) is 0 Å².